The molecule has 0 aromatic heterocycles. The van der Waals surface area contributed by atoms with E-state index in [2.05, 4.69) is 15.5 Å². The molecule has 3 rings (SSSR count). The van der Waals surface area contributed by atoms with Gasteiger partial charge in [0.1, 0.15) is 5.54 Å². The Morgan fingerprint density at radius 2 is 2.17 bits per heavy atom. The average Bonchev–Trinajstić information content (AvgIpc) is 2.73. The summed E-state index contributed by atoms with van der Waals surface area (Å²) in [6, 6.07) is 0.0977. The molecule has 0 bridgehead atoms. The molecule has 3 heterocycles. The van der Waals surface area contributed by atoms with Crippen molar-refractivity contribution >= 4 is 5.91 Å². The third-order valence-electron chi connectivity index (χ3n) is 4.52. The van der Waals surface area contributed by atoms with Crippen LogP contribution in [0.15, 0.2) is 0 Å². The molecule has 6 heteroatoms. The Bertz CT molecular complexity index is 329. The molecular weight excluding hydrogens is 234 g/mol. The summed E-state index contributed by atoms with van der Waals surface area (Å²) in [4.78, 5) is 14.1. The van der Waals surface area contributed by atoms with Crippen molar-refractivity contribution in [3.05, 3.63) is 0 Å². The fraction of sp³-hybridized carbons (Fsp3) is 0.917. The highest BCUT2D eigenvalue weighted by Crippen LogP contribution is 2.27. The van der Waals surface area contributed by atoms with Gasteiger partial charge in [0.15, 0.2) is 0 Å². The molecule has 0 aromatic rings. The second kappa shape index (κ2) is 4.77. The predicted molar refractivity (Wildman–Crippen MR) is 64.9 cm³/mol. The zero-order chi connectivity index (χ0) is 12.6. The van der Waals surface area contributed by atoms with E-state index in [4.69, 9.17) is 4.74 Å². The lowest BCUT2D eigenvalue weighted by atomic mass is 9.86. The lowest BCUT2D eigenvalue weighted by molar-refractivity contribution is -0.127. The van der Waals surface area contributed by atoms with Gasteiger partial charge in [0.25, 0.3) is 0 Å². The number of nitrogens with one attached hydrogen (secondary N) is 2. The van der Waals surface area contributed by atoms with E-state index < -0.39 is 0 Å². The summed E-state index contributed by atoms with van der Waals surface area (Å²) in [5.41, 5.74) is -0.364. The lowest BCUT2D eigenvalue weighted by Crippen LogP contribution is -2.59. The number of carbonyl (C=O) groups is 1. The standard InChI is InChI=1S/C12H21N3O3/c16-10-1-6-18-7-9(10)15-4-2-12(3-5-15)11(17)13-8-14-12/h9-10,14,16H,1-8H2,(H,13,17)/t9-,10-/m1/s1. The van der Waals surface area contributed by atoms with Crippen molar-refractivity contribution in [2.24, 2.45) is 0 Å². The van der Waals surface area contributed by atoms with Gasteiger partial charge >= 0.3 is 0 Å². The normalized spacial score (nSPS) is 36.8. The highest BCUT2D eigenvalue weighted by molar-refractivity contribution is 5.88. The average molecular weight is 255 g/mol. The minimum atomic E-state index is -0.364. The van der Waals surface area contributed by atoms with Crippen molar-refractivity contribution in [3.63, 3.8) is 0 Å². The van der Waals surface area contributed by atoms with Crippen LogP contribution in [0.4, 0.5) is 0 Å². The van der Waals surface area contributed by atoms with Gasteiger partial charge in [-0.25, -0.2) is 0 Å². The van der Waals surface area contributed by atoms with E-state index in [9.17, 15) is 9.90 Å². The van der Waals surface area contributed by atoms with E-state index in [0.29, 0.717) is 26.3 Å². The summed E-state index contributed by atoms with van der Waals surface area (Å²) in [5.74, 6) is 0.127. The van der Waals surface area contributed by atoms with Crippen LogP contribution in [0.25, 0.3) is 0 Å². The lowest BCUT2D eigenvalue weighted by Gasteiger charge is -2.43. The number of hydrogen-bond acceptors (Lipinski definition) is 5. The Morgan fingerprint density at radius 1 is 1.39 bits per heavy atom. The molecule has 3 saturated heterocycles. The maximum Gasteiger partial charge on any atom is 0.241 e. The molecule has 1 spiro atoms. The minimum Gasteiger partial charge on any atom is -0.391 e. The van der Waals surface area contributed by atoms with Gasteiger partial charge in [-0.05, 0) is 19.3 Å². The van der Waals surface area contributed by atoms with Gasteiger partial charge in [0, 0.05) is 19.7 Å². The molecule has 3 aliphatic rings. The van der Waals surface area contributed by atoms with Gasteiger partial charge in [-0.1, -0.05) is 0 Å². The van der Waals surface area contributed by atoms with E-state index in [1.54, 1.807) is 0 Å². The van der Waals surface area contributed by atoms with E-state index in [0.717, 1.165) is 25.9 Å². The molecule has 0 saturated carbocycles. The van der Waals surface area contributed by atoms with E-state index >= 15 is 0 Å². The van der Waals surface area contributed by atoms with Gasteiger partial charge in [0.05, 0.1) is 25.4 Å². The van der Waals surface area contributed by atoms with Crippen molar-refractivity contribution in [3.8, 4) is 0 Å². The van der Waals surface area contributed by atoms with E-state index in [1.165, 1.54) is 0 Å². The van der Waals surface area contributed by atoms with Crippen LogP contribution in [-0.4, -0.2) is 66.6 Å². The molecular formula is C12H21N3O3. The molecule has 3 aliphatic heterocycles. The summed E-state index contributed by atoms with van der Waals surface area (Å²) in [6.07, 6.45) is 2.04. The molecule has 3 N–H and O–H groups in total. The third-order valence-corrected chi connectivity index (χ3v) is 4.52. The molecule has 1 amide bonds. The Hall–Kier alpha value is -0.690. The van der Waals surface area contributed by atoms with E-state index in [-0.39, 0.29) is 23.6 Å². The number of nitrogens with zero attached hydrogens (tertiary/aromatic N) is 1. The van der Waals surface area contributed by atoms with Gasteiger partial charge in [0.2, 0.25) is 5.91 Å². The van der Waals surface area contributed by atoms with E-state index in [1.807, 2.05) is 0 Å². The van der Waals surface area contributed by atoms with Crippen molar-refractivity contribution in [1.29, 1.82) is 0 Å². The maximum atomic E-state index is 11.8. The van der Waals surface area contributed by atoms with Gasteiger partial charge in [-0.15, -0.1) is 0 Å². The first-order valence-corrected chi connectivity index (χ1v) is 6.74. The molecule has 2 atom stereocenters. The first-order chi connectivity index (χ1) is 8.71. The van der Waals surface area contributed by atoms with Gasteiger partial charge in [-0.2, -0.15) is 0 Å². The number of aliphatic hydroxyl groups excluding tert-OH is 1. The fourth-order valence-electron chi connectivity index (χ4n) is 3.24. The van der Waals surface area contributed by atoms with Crippen LogP contribution in [-0.2, 0) is 9.53 Å². The van der Waals surface area contributed by atoms with Crippen LogP contribution in [0.5, 0.6) is 0 Å². The van der Waals surface area contributed by atoms with Crippen LogP contribution in [0, 0.1) is 0 Å². The summed E-state index contributed by atoms with van der Waals surface area (Å²) in [5, 5.41) is 16.1. The van der Waals surface area contributed by atoms with Crippen LogP contribution in [0.2, 0.25) is 0 Å². The number of rotatable bonds is 1. The highest BCUT2D eigenvalue weighted by Gasteiger charge is 2.45. The number of likely N-dealkylation sites (tertiary alicyclic amines) is 1. The Morgan fingerprint density at radius 3 is 2.78 bits per heavy atom. The van der Waals surface area contributed by atoms with Crippen LogP contribution in [0.1, 0.15) is 19.3 Å². The molecule has 6 nitrogen and oxygen atoms in total. The van der Waals surface area contributed by atoms with Crippen molar-refractivity contribution in [1.82, 2.24) is 15.5 Å². The molecule has 0 aliphatic carbocycles. The Kier molecular flexibility index (Phi) is 3.27. The molecule has 3 fully saturated rings. The van der Waals surface area contributed by atoms with Crippen molar-refractivity contribution in [2.75, 3.05) is 33.0 Å². The predicted octanol–water partition coefficient (Wildman–Crippen LogP) is -1.35. The summed E-state index contributed by atoms with van der Waals surface area (Å²) in [6.45, 7) is 3.51. The second-order valence-corrected chi connectivity index (χ2v) is 5.48. The zero-order valence-corrected chi connectivity index (χ0v) is 10.5. The Labute approximate surface area is 107 Å². The third kappa shape index (κ3) is 2.03. The fourth-order valence-corrected chi connectivity index (χ4v) is 3.24. The largest absolute Gasteiger partial charge is 0.391 e. The number of ether oxygens (including phenoxy) is 1. The molecule has 18 heavy (non-hydrogen) atoms. The first-order valence-electron chi connectivity index (χ1n) is 6.74. The summed E-state index contributed by atoms with van der Waals surface area (Å²) < 4.78 is 5.45. The molecule has 0 radical (unpaired) electrons. The SMILES string of the molecule is O=C1NCNC12CCN([C@@H]1COCC[C@H]1O)CC2. The monoisotopic (exact) mass is 255 g/mol. The highest BCUT2D eigenvalue weighted by atomic mass is 16.5. The van der Waals surface area contributed by atoms with Crippen LogP contribution >= 0.6 is 0 Å². The van der Waals surface area contributed by atoms with Crippen LogP contribution in [0.3, 0.4) is 0 Å². The van der Waals surface area contributed by atoms with Crippen molar-refractivity contribution in [2.45, 2.75) is 36.9 Å². The summed E-state index contributed by atoms with van der Waals surface area (Å²) in [7, 11) is 0. The number of piperidine rings is 1. The zero-order valence-electron chi connectivity index (χ0n) is 10.5. The Balaban J connectivity index is 1.61. The summed E-state index contributed by atoms with van der Waals surface area (Å²) >= 11 is 0. The maximum absolute atomic E-state index is 11.8. The first kappa shape index (κ1) is 12.3. The molecule has 102 valence electrons. The number of carbonyl (C=O) groups excluding carboxylic acids is 1. The number of aliphatic hydroxyl groups is 1. The topological polar surface area (TPSA) is 73.8 Å². The minimum absolute atomic E-state index is 0.0977. The second-order valence-electron chi connectivity index (χ2n) is 5.48. The molecule has 0 aromatic carbocycles. The smallest absolute Gasteiger partial charge is 0.241 e. The van der Waals surface area contributed by atoms with Crippen LogP contribution < -0.4 is 10.6 Å². The van der Waals surface area contributed by atoms with Gasteiger partial charge < -0.3 is 15.2 Å². The van der Waals surface area contributed by atoms with Crippen molar-refractivity contribution < 1.29 is 14.6 Å². The van der Waals surface area contributed by atoms with Gasteiger partial charge in [-0.3, -0.25) is 15.0 Å². The number of hydrogen-bond donors (Lipinski definition) is 3. The quantitative estimate of drug-likeness (QED) is 0.540. The molecule has 0 unspecified atom stereocenters. The number of amides is 1.